The van der Waals surface area contributed by atoms with Gasteiger partial charge in [-0.05, 0) is 34.5 Å². The second kappa shape index (κ2) is 6.65. The third-order valence-corrected chi connectivity index (χ3v) is 4.90. The van der Waals surface area contributed by atoms with Crippen LogP contribution in [0.5, 0.6) is 0 Å². The largest absolute Gasteiger partial charge is 0.396 e. The lowest BCUT2D eigenvalue weighted by Crippen LogP contribution is -2.47. The van der Waals surface area contributed by atoms with Crippen molar-refractivity contribution in [2.24, 2.45) is 5.92 Å². The summed E-state index contributed by atoms with van der Waals surface area (Å²) in [5, 5.41) is 20.8. The zero-order chi connectivity index (χ0) is 13.8. The molecule has 2 rings (SSSR count). The number of aliphatic hydroxyl groups excluding tert-OH is 2. The van der Waals surface area contributed by atoms with Crippen molar-refractivity contribution in [2.75, 3.05) is 19.7 Å². The first-order valence-electron chi connectivity index (χ1n) is 6.10. The molecule has 104 valence electrons. The van der Waals surface area contributed by atoms with E-state index in [0.29, 0.717) is 19.5 Å². The van der Waals surface area contributed by atoms with E-state index in [1.54, 1.807) is 22.3 Å². The number of carbonyl (C=O) groups excluding carboxylic acids is 1. The highest BCUT2D eigenvalue weighted by Crippen LogP contribution is 2.21. The summed E-state index contributed by atoms with van der Waals surface area (Å²) in [6.45, 7) is 0.852. The van der Waals surface area contributed by atoms with Crippen molar-refractivity contribution in [1.82, 2.24) is 4.90 Å². The first kappa shape index (κ1) is 14.7. The highest BCUT2D eigenvalue weighted by Gasteiger charge is 2.28. The Kier molecular flexibility index (Phi) is 5.15. The van der Waals surface area contributed by atoms with Crippen molar-refractivity contribution >= 4 is 39.2 Å². The standard InChI is InChI=1S/C13H16BrNO3S/c14-10-5-11(19-8-10)1-2-13(18)15-4-3-9(7-16)12(17)6-15/h1-2,5,8-9,12,16-17H,3-4,6-7H2. The van der Waals surface area contributed by atoms with E-state index in [9.17, 15) is 9.90 Å². The van der Waals surface area contributed by atoms with Crippen LogP contribution in [0.1, 0.15) is 11.3 Å². The third kappa shape index (κ3) is 3.89. The van der Waals surface area contributed by atoms with Crippen LogP contribution in [-0.2, 0) is 4.79 Å². The maximum Gasteiger partial charge on any atom is 0.246 e. The number of amides is 1. The van der Waals surface area contributed by atoms with Gasteiger partial charge in [0.1, 0.15) is 0 Å². The van der Waals surface area contributed by atoms with Crippen molar-refractivity contribution in [2.45, 2.75) is 12.5 Å². The number of aliphatic hydroxyl groups is 2. The predicted octanol–water partition coefficient (Wildman–Crippen LogP) is 1.73. The fourth-order valence-corrected chi connectivity index (χ4v) is 3.40. The number of piperidine rings is 1. The van der Waals surface area contributed by atoms with Crippen molar-refractivity contribution in [3.63, 3.8) is 0 Å². The van der Waals surface area contributed by atoms with Crippen LogP contribution in [-0.4, -0.2) is 46.8 Å². The molecule has 2 unspecified atom stereocenters. The Balaban J connectivity index is 1.92. The monoisotopic (exact) mass is 345 g/mol. The molecule has 4 nitrogen and oxygen atoms in total. The topological polar surface area (TPSA) is 60.8 Å². The minimum absolute atomic E-state index is 0.0255. The van der Waals surface area contributed by atoms with Crippen LogP contribution in [0.2, 0.25) is 0 Å². The third-order valence-electron chi connectivity index (χ3n) is 3.25. The molecule has 0 aromatic carbocycles. The summed E-state index contributed by atoms with van der Waals surface area (Å²) in [6, 6.07) is 1.95. The van der Waals surface area contributed by atoms with Gasteiger partial charge in [-0.2, -0.15) is 0 Å². The molecular formula is C13H16BrNO3S. The van der Waals surface area contributed by atoms with E-state index in [0.717, 1.165) is 9.35 Å². The van der Waals surface area contributed by atoms with Crippen molar-refractivity contribution in [3.05, 3.63) is 26.9 Å². The van der Waals surface area contributed by atoms with Gasteiger partial charge in [0.25, 0.3) is 0 Å². The van der Waals surface area contributed by atoms with Gasteiger partial charge >= 0.3 is 0 Å². The molecule has 1 fully saturated rings. The van der Waals surface area contributed by atoms with E-state index in [1.165, 1.54) is 6.08 Å². The fraction of sp³-hybridized carbons (Fsp3) is 0.462. The molecule has 0 radical (unpaired) electrons. The zero-order valence-electron chi connectivity index (χ0n) is 10.3. The van der Waals surface area contributed by atoms with Crippen LogP contribution in [0, 0.1) is 5.92 Å². The Hall–Kier alpha value is -0.690. The highest BCUT2D eigenvalue weighted by molar-refractivity contribution is 9.10. The Morgan fingerprint density at radius 2 is 2.42 bits per heavy atom. The number of β-amino-alcohol motifs (C(OH)–C–C–N with tert-alkyl or cyclic N) is 1. The summed E-state index contributed by atoms with van der Waals surface area (Å²) >= 11 is 4.92. The molecule has 19 heavy (non-hydrogen) atoms. The van der Waals surface area contributed by atoms with Gasteiger partial charge in [0.05, 0.1) is 6.10 Å². The van der Waals surface area contributed by atoms with Gasteiger partial charge in [-0.1, -0.05) is 0 Å². The second-order valence-electron chi connectivity index (χ2n) is 4.58. The first-order chi connectivity index (χ1) is 9.10. The van der Waals surface area contributed by atoms with Crippen LogP contribution in [0.25, 0.3) is 6.08 Å². The minimum Gasteiger partial charge on any atom is -0.396 e. The molecule has 0 spiro atoms. The van der Waals surface area contributed by atoms with Gasteiger partial charge in [-0.3, -0.25) is 4.79 Å². The Morgan fingerprint density at radius 3 is 3.00 bits per heavy atom. The molecule has 1 aromatic rings. The van der Waals surface area contributed by atoms with Gasteiger partial charge in [0.2, 0.25) is 5.91 Å². The molecule has 2 N–H and O–H groups in total. The minimum atomic E-state index is -0.632. The maximum atomic E-state index is 12.0. The molecule has 1 amide bonds. The van der Waals surface area contributed by atoms with Crippen LogP contribution in [0.3, 0.4) is 0 Å². The quantitative estimate of drug-likeness (QED) is 0.820. The number of rotatable bonds is 3. The van der Waals surface area contributed by atoms with Gasteiger partial charge in [0.15, 0.2) is 0 Å². The SMILES string of the molecule is O=C(C=Cc1cc(Br)cs1)N1CCC(CO)C(O)C1. The summed E-state index contributed by atoms with van der Waals surface area (Å²) in [7, 11) is 0. The molecule has 2 heterocycles. The highest BCUT2D eigenvalue weighted by atomic mass is 79.9. The zero-order valence-corrected chi connectivity index (χ0v) is 12.7. The lowest BCUT2D eigenvalue weighted by molar-refractivity contribution is -0.130. The average molecular weight is 346 g/mol. The van der Waals surface area contributed by atoms with Gasteiger partial charge in [-0.25, -0.2) is 0 Å². The van der Waals surface area contributed by atoms with E-state index >= 15 is 0 Å². The van der Waals surface area contributed by atoms with Crippen molar-refractivity contribution < 1.29 is 15.0 Å². The van der Waals surface area contributed by atoms with Gasteiger partial charge in [0, 0.05) is 46.4 Å². The average Bonchev–Trinajstić information content (AvgIpc) is 2.81. The fourth-order valence-electron chi connectivity index (χ4n) is 2.07. The lowest BCUT2D eigenvalue weighted by Gasteiger charge is -2.34. The summed E-state index contributed by atoms with van der Waals surface area (Å²) in [5.74, 6) is -0.207. The van der Waals surface area contributed by atoms with Crippen molar-refractivity contribution in [1.29, 1.82) is 0 Å². The van der Waals surface area contributed by atoms with Crippen LogP contribution in [0.4, 0.5) is 0 Å². The molecule has 1 aliphatic rings. The number of hydrogen-bond acceptors (Lipinski definition) is 4. The van der Waals surface area contributed by atoms with Gasteiger partial charge in [-0.15, -0.1) is 11.3 Å². The molecular weight excluding hydrogens is 330 g/mol. The number of carbonyl (C=O) groups is 1. The molecule has 1 aliphatic heterocycles. The van der Waals surface area contributed by atoms with E-state index < -0.39 is 6.10 Å². The number of halogens is 1. The second-order valence-corrected chi connectivity index (χ2v) is 6.44. The molecule has 0 saturated carbocycles. The smallest absolute Gasteiger partial charge is 0.246 e. The van der Waals surface area contributed by atoms with Crippen LogP contribution >= 0.6 is 27.3 Å². The number of hydrogen-bond donors (Lipinski definition) is 2. The Morgan fingerprint density at radius 1 is 1.63 bits per heavy atom. The van der Waals surface area contributed by atoms with E-state index in [4.69, 9.17) is 5.11 Å². The number of thiophene rings is 1. The summed E-state index contributed by atoms with van der Waals surface area (Å²) < 4.78 is 1.00. The molecule has 2 atom stereocenters. The number of likely N-dealkylation sites (tertiary alicyclic amines) is 1. The molecule has 6 heteroatoms. The Bertz CT molecular complexity index is 474. The molecule has 1 saturated heterocycles. The molecule has 1 aromatic heterocycles. The summed E-state index contributed by atoms with van der Waals surface area (Å²) in [6.07, 6.45) is 3.32. The molecule has 0 bridgehead atoms. The van der Waals surface area contributed by atoms with E-state index in [1.807, 2.05) is 11.4 Å². The van der Waals surface area contributed by atoms with E-state index in [-0.39, 0.29) is 18.4 Å². The van der Waals surface area contributed by atoms with Gasteiger partial charge < -0.3 is 15.1 Å². The van der Waals surface area contributed by atoms with Crippen LogP contribution in [0.15, 0.2) is 22.0 Å². The maximum absolute atomic E-state index is 12.0. The lowest BCUT2D eigenvalue weighted by atomic mass is 9.95. The van der Waals surface area contributed by atoms with Crippen molar-refractivity contribution in [3.8, 4) is 0 Å². The number of nitrogens with zero attached hydrogens (tertiary/aromatic N) is 1. The summed E-state index contributed by atoms with van der Waals surface area (Å²) in [5.41, 5.74) is 0. The molecule has 0 aliphatic carbocycles. The van der Waals surface area contributed by atoms with E-state index in [2.05, 4.69) is 15.9 Å². The summed E-state index contributed by atoms with van der Waals surface area (Å²) in [4.78, 5) is 14.6. The predicted molar refractivity (Wildman–Crippen MR) is 78.8 cm³/mol. The first-order valence-corrected chi connectivity index (χ1v) is 7.77. The Labute approximate surface area is 124 Å². The normalized spacial score (nSPS) is 24.1. The van der Waals surface area contributed by atoms with Crippen LogP contribution < -0.4 is 0 Å².